The molecule has 19 heavy (non-hydrogen) atoms. The Bertz CT molecular complexity index is 388. The van der Waals surface area contributed by atoms with E-state index in [2.05, 4.69) is 12.6 Å². The molecule has 0 saturated heterocycles. The molecule has 0 amide bonds. The molecule has 0 spiro atoms. The normalized spacial score (nSPS) is 11.9. The number of benzene rings is 1. The second-order valence-electron chi connectivity index (χ2n) is 4.64. The van der Waals surface area contributed by atoms with Crippen LogP contribution >= 0.6 is 0 Å². The molecule has 106 valence electrons. The molecule has 3 nitrogen and oxygen atoms in total. The minimum Gasteiger partial charge on any atom is -0.490 e. The SMILES string of the molecule is C=CCCCOc1c(CC(C)N)cccc1OCC. The van der Waals surface area contributed by atoms with Crippen LogP contribution in [-0.4, -0.2) is 19.3 Å². The fraction of sp³-hybridized carbons (Fsp3) is 0.500. The molecule has 1 aromatic rings. The van der Waals surface area contributed by atoms with Gasteiger partial charge in [0.05, 0.1) is 13.2 Å². The average molecular weight is 263 g/mol. The largest absolute Gasteiger partial charge is 0.490 e. The standard InChI is InChI=1S/C16H25NO2/c1-4-6-7-11-19-16-14(12-13(3)17)9-8-10-15(16)18-5-2/h4,8-10,13H,1,5-7,11-12,17H2,2-3H3. The third-order valence-electron chi connectivity index (χ3n) is 2.70. The zero-order chi connectivity index (χ0) is 14.1. The van der Waals surface area contributed by atoms with Gasteiger partial charge in [0.25, 0.3) is 0 Å². The second-order valence-corrected chi connectivity index (χ2v) is 4.64. The van der Waals surface area contributed by atoms with Crippen molar-refractivity contribution >= 4 is 0 Å². The number of nitrogens with two attached hydrogens (primary N) is 1. The van der Waals surface area contributed by atoms with E-state index in [-0.39, 0.29) is 6.04 Å². The molecule has 1 rings (SSSR count). The van der Waals surface area contributed by atoms with Crippen molar-refractivity contribution in [3.63, 3.8) is 0 Å². The first-order chi connectivity index (χ1) is 9.19. The Hall–Kier alpha value is -1.48. The lowest BCUT2D eigenvalue weighted by Crippen LogP contribution is -2.18. The van der Waals surface area contributed by atoms with Crippen LogP contribution in [0.25, 0.3) is 0 Å². The lowest BCUT2D eigenvalue weighted by Gasteiger charge is -2.17. The van der Waals surface area contributed by atoms with Crippen LogP contribution in [0, 0.1) is 0 Å². The van der Waals surface area contributed by atoms with E-state index in [0.29, 0.717) is 13.2 Å². The third-order valence-corrected chi connectivity index (χ3v) is 2.70. The van der Waals surface area contributed by atoms with E-state index in [4.69, 9.17) is 15.2 Å². The summed E-state index contributed by atoms with van der Waals surface area (Å²) in [6, 6.07) is 6.08. The van der Waals surface area contributed by atoms with Crippen molar-refractivity contribution in [2.24, 2.45) is 5.73 Å². The lowest BCUT2D eigenvalue weighted by atomic mass is 10.1. The Morgan fingerprint density at radius 2 is 2.16 bits per heavy atom. The first-order valence-corrected chi connectivity index (χ1v) is 6.93. The van der Waals surface area contributed by atoms with Gasteiger partial charge in [-0.1, -0.05) is 18.2 Å². The molecule has 0 aliphatic heterocycles. The topological polar surface area (TPSA) is 44.5 Å². The Morgan fingerprint density at radius 1 is 1.37 bits per heavy atom. The first kappa shape index (κ1) is 15.6. The Kier molecular flexibility index (Phi) is 7.04. The molecule has 0 radical (unpaired) electrons. The van der Waals surface area contributed by atoms with Gasteiger partial charge >= 0.3 is 0 Å². The molecule has 0 aliphatic rings. The molecule has 1 aromatic carbocycles. The lowest BCUT2D eigenvalue weighted by molar-refractivity contribution is 0.271. The van der Waals surface area contributed by atoms with E-state index >= 15 is 0 Å². The number of rotatable bonds is 9. The number of hydrogen-bond acceptors (Lipinski definition) is 3. The van der Waals surface area contributed by atoms with Gasteiger partial charge in [-0.25, -0.2) is 0 Å². The van der Waals surface area contributed by atoms with Gasteiger partial charge < -0.3 is 15.2 Å². The minimum atomic E-state index is 0.104. The summed E-state index contributed by atoms with van der Waals surface area (Å²) in [4.78, 5) is 0. The Morgan fingerprint density at radius 3 is 2.79 bits per heavy atom. The van der Waals surface area contributed by atoms with E-state index in [1.54, 1.807) is 0 Å². The average Bonchev–Trinajstić information content (AvgIpc) is 2.37. The maximum absolute atomic E-state index is 5.90. The highest BCUT2D eigenvalue weighted by Gasteiger charge is 2.12. The summed E-state index contributed by atoms with van der Waals surface area (Å²) >= 11 is 0. The molecular formula is C16H25NO2. The van der Waals surface area contributed by atoms with Crippen molar-refractivity contribution in [2.45, 2.75) is 39.2 Å². The van der Waals surface area contributed by atoms with Crippen molar-refractivity contribution in [1.82, 2.24) is 0 Å². The molecular weight excluding hydrogens is 238 g/mol. The van der Waals surface area contributed by atoms with Crippen molar-refractivity contribution < 1.29 is 9.47 Å². The summed E-state index contributed by atoms with van der Waals surface area (Å²) in [6.45, 7) is 8.98. The Balaban J connectivity index is 2.83. The number of para-hydroxylation sites is 1. The number of allylic oxidation sites excluding steroid dienone is 1. The fourth-order valence-corrected chi connectivity index (χ4v) is 1.90. The van der Waals surface area contributed by atoms with E-state index < -0.39 is 0 Å². The molecule has 1 atom stereocenters. The van der Waals surface area contributed by atoms with Gasteiger partial charge in [-0.3, -0.25) is 0 Å². The minimum absolute atomic E-state index is 0.104. The molecule has 3 heteroatoms. The van der Waals surface area contributed by atoms with Crippen molar-refractivity contribution in [1.29, 1.82) is 0 Å². The van der Waals surface area contributed by atoms with E-state index in [9.17, 15) is 0 Å². The molecule has 0 heterocycles. The molecule has 0 fully saturated rings. The van der Waals surface area contributed by atoms with Crippen LogP contribution in [0.1, 0.15) is 32.3 Å². The van der Waals surface area contributed by atoms with Crippen LogP contribution in [-0.2, 0) is 6.42 Å². The number of unbranched alkanes of at least 4 members (excludes halogenated alkanes) is 1. The quantitative estimate of drug-likeness (QED) is 0.549. The number of ether oxygens (including phenoxy) is 2. The van der Waals surface area contributed by atoms with Gasteiger partial charge in [0.15, 0.2) is 11.5 Å². The van der Waals surface area contributed by atoms with Gasteiger partial charge in [0.1, 0.15) is 0 Å². The number of hydrogen-bond donors (Lipinski definition) is 1. The molecule has 0 aromatic heterocycles. The summed E-state index contributed by atoms with van der Waals surface area (Å²) < 4.78 is 11.5. The zero-order valence-electron chi connectivity index (χ0n) is 12.0. The highest BCUT2D eigenvalue weighted by Crippen LogP contribution is 2.32. The Labute approximate surface area is 116 Å². The fourth-order valence-electron chi connectivity index (χ4n) is 1.90. The van der Waals surface area contributed by atoms with Crippen LogP contribution in [0.4, 0.5) is 0 Å². The monoisotopic (exact) mass is 263 g/mol. The highest BCUT2D eigenvalue weighted by atomic mass is 16.5. The van der Waals surface area contributed by atoms with Crippen LogP contribution in [0.5, 0.6) is 11.5 Å². The van der Waals surface area contributed by atoms with Gasteiger partial charge in [0, 0.05) is 6.04 Å². The summed E-state index contributed by atoms with van der Waals surface area (Å²) in [5.41, 5.74) is 6.99. The third kappa shape index (κ3) is 5.35. The summed E-state index contributed by atoms with van der Waals surface area (Å²) in [6.07, 6.45) is 4.61. The molecule has 0 bridgehead atoms. The first-order valence-electron chi connectivity index (χ1n) is 6.93. The maximum Gasteiger partial charge on any atom is 0.164 e. The van der Waals surface area contributed by atoms with Crippen LogP contribution in [0.3, 0.4) is 0 Å². The predicted octanol–water partition coefficient (Wildman–Crippen LogP) is 3.32. The van der Waals surface area contributed by atoms with Crippen molar-refractivity contribution in [2.75, 3.05) is 13.2 Å². The van der Waals surface area contributed by atoms with Crippen LogP contribution in [0.15, 0.2) is 30.9 Å². The maximum atomic E-state index is 5.90. The summed E-state index contributed by atoms with van der Waals surface area (Å²) in [5.74, 6) is 1.64. The highest BCUT2D eigenvalue weighted by molar-refractivity contribution is 5.47. The van der Waals surface area contributed by atoms with Gasteiger partial charge in [-0.15, -0.1) is 6.58 Å². The van der Waals surface area contributed by atoms with Crippen molar-refractivity contribution in [3.8, 4) is 11.5 Å². The predicted molar refractivity (Wildman–Crippen MR) is 79.9 cm³/mol. The molecule has 1 unspecified atom stereocenters. The van der Waals surface area contributed by atoms with Crippen molar-refractivity contribution in [3.05, 3.63) is 36.4 Å². The molecule has 0 saturated carbocycles. The van der Waals surface area contributed by atoms with E-state index in [1.165, 1.54) is 0 Å². The van der Waals surface area contributed by atoms with Gasteiger partial charge in [0.2, 0.25) is 0 Å². The van der Waals surface area contributed by atoms with Gasteiger partial charge in [-0.2, -0.15) is 0 Å². The second kappa shape index (κ2) is 8.59. The zero-order valence-corrected chi connectivity index (χ0v) is 12.0. The summed E-state index contributed by atoms with van der Waals surface area (Å²) in [7, 11) is 0. The van der Waals surface area contributed by atoms with Crippen LogP contribution < -0.4 is 15.2 Å². The molecule has 2 N–H and O–H groups in total. The molecule has 0 aliphatic carbocycles. The van der Waals surface area contributed by atoms with E-state index in [1.807, 2.05) is 32.1 Å². The van der Waals surface area contributed by atoms with Gasteiger partial charge in [-0.05, 0) is 44.7 Å². The smallest absolute Gasteiger partial charge is 0.164 e. The van der Waals surface area contributed by atoms with Crippen LogP contribution in [0.2, 0.25) is 0 Å². The summed E-state index contributed by atoms with van der Waals surface area (Å²) in [5, 5.41) is 0. The van der Waals surface area contributed by atoms with E-state index in [0.717, 1.165) is 36.3 Å².